The van der Waals surface area contributed by atoms with Crippen molar-refractivity contribution in [2.75, 3.05) is 6.61 Å². The summed E-state index contributed by atoms with van der Waals surface area (Å²) >= 11 is 6.36. The number of hydrogen-bond acceptors (Lipinski definition) is 2. The Bertz CT molecular complexity index is 547. The van der Waals surface area contributed by atoms with Crippen molar-refractivity contribution in [3.8, 4) is 5.75 Å². The van der Waals surface area contributed by atoms with Crippen molar-refractivity contribution in [1.29, 1.82) is 0 Å². The summed E-state index contributed by atoms with van der Waals surface area (Å²) in [5, 5.41) is 9.63. The van der Waals surface area contributed by atoms with E-state index in [0.717, 1.165) is 40.9 Å². The first-order valence-electron chi connectivity index (χ1n) is 7.26. The van der Waals surface area contributed by atoms with Gasteiger partial charge in [0.1, 0.15) is 5.75 Å². The minimum Gasteiger partial charge on any atom is -0.493 e. The highest BCUT2D eigenvalue weighted by Crippen LogP contribution is 2.38. The van der Waals surface area contributed by atoms with Gasteiger partial charge in [-0.15, -0.1) is 0 Å². The van der Waals surface area contributed by atoms with Crippen molar-refractivity contribution in [1.82, 2.24) is 0 Å². The van der Waals surface area contributed by atoms with Crippen LogP contribution < -0.4 is 4.74 Å². The highest BCUT2D eigenvalue weighted by atomic mass is 35.5. The summed E-state index contributed by atoms with van der Waals surface area (Å²) in [7, 11) is 0. The molecule has 0 fully saturated rings. The summed E-state index contributed by atoms with van der Waals surface area (Å²) in [5.41, 5.74) is 3.85. The predicted molar refractivity (Wildman–Crippen MR) is 87.2 cm³/mol. The van der Waals surface area contributed by atoms with E-state index in [-0.39, 0.29) is 6.42 Å². The number of carboxylic acid groups (broad SMARTS) is 1. The Morgan fingerprint density at radius 2 is 2.05 bits per heavy atom. The van der Waals surface area contributed by atoms with Crippen LogP contribution in [0, 0.1) is 13.8 Å². The zero-order valence-electron chi connectivity index (χ0n) is 13.1. The van der Waals surface area contributed by atoms with Crippen molar-refractivity contribution < 1.29 is 14.6 Å². The number of carbonyl (C=O) groups is 1. The van der Waals surface area contributed by atoms with Gasteiger partial charge in [0.05, 0.1) is 13.0 Å². The first-order valence-corrected chi connectivity index (χ1v) is 7.63. The summed E-state index contributed by atoms with van der Waals surface area (Å²) in [5.74, 6) is -0.0561. The van der Waals surface area contributed by atoms with Crippen LogP contribution in [0.1, 0.15) is 49.8 Å². The molecule has 0 aliphatic heterocycles. The smallest absolute Gasteiger partial charge is 0.307 e. The van der Waals surface area contributed by atoms with E-state index in [1.165, 1.54) is 0 Å². The molecule has 0 spiro atoms. The summed E-state index contributed by atoms with van der Waals surface area (Å²) in [6.07, 6.45) is 3.50. The molecule has 0 atom stereocenters. The molecule has 0 aliphatic rings. The van der Waals surface area contributed by atoms with Crippen LogP contribution in [-0.4, -0.2) is 17.7 Å². The average Bonchev–Trinajstić information content (AvgIpc) is 2.42. The van der Waals surface area contributed by atoms with Gasteiger partial charge in [0.15, 0.2) is 0 Å². The quantitative estimate of drug-likeness (QED) is 0.769. The molecule has 0 saturated heterocycles. The fourth-order valence-corrected chi connectivity index (χ4v) is 2.55. The van der Waals surface area contributed by atoms with Crippen LogP contribution in [0.2, 0.25) is 5.02 Å². The van der Waals surface area contributed by atoms with Gasteiger partial charge in [0.25, 0.3) is 0 Å². The molecule has 0 heterocycles. The highest BCUT2D eigenvalue weighted by molar-refractivity contribution is 6.32. The van der Waals surface area contributed by atoms with Crippen LogP contribution in [0.5, 0.6) is 5.75 Å². The predicted octanol–water partition coefficient (Wildman–Crippen LogP) is 5.01. The Kier molecular flexibility index (Phi) is 6.76. The molecule has 0 unspecified atom stereocenters. The van der Waals surface area contributed by atoms with Crippen molar-refractivity contribution in [3.63, 3.8) is 0 Å². The number of halogens is 1. The third kappa shape index (κ3) is 4.50. The summed E-state index contributed by atoms with van der Waals surface area (Å²) in [6.45, 7) is 8.47. The zero-order chi connectivity index (χ0) is 16.0. The van der Waals surface area contributed by atoms with Gasteiger partial charge < -0.3 is 9.84 Å². The Balaban J connectivity index is 3.43. The Morgan fingerprint density at radius 1 is 1.38 bits per heavy atom. The van der Waals surface area contributed by atoms with Gasteiger partial charge >= 0.3 is 5.97 Å². The second-order valence-corrected chi connectivity index (χ2v) is 5.39. The van der Waals surface area contributed by atoms with Crippen molar-refractivity contribution >= 4 is 23.1 Å². The lowest BCUT2D eigenvalue weighted by Gasteiger charge is -2.18. The standard InChI is InChI=1S/C17H23ClO3/c1-5-7-13(8-9-15(19)20)16-12(4)17(18)11(3)10-14(16)21-6-2/h8,10H,5-7,9H2,1-4H3,(H,19,20)/b13-8+. The number of hydrogen-bond donors (Lipinski definition) is 1. The molecule has 3 nitrogen and oxygen atoms in total. The van der Waals surface area contributed by atoms with E-state index in [0.29, 0.717) is 11.6 Å². The largest absolute Gasteiger partial charge is 0.493 e. The molecular weight excluding hydrogens is 288 g/mol. The number of aliphatic carboxylic acids is 1. The zero-order valence-corrected chi connectivity index (χ0v) is 13.9. The molecule has 1 aromatic rings. The molecule has 1 aromatic carbocycles. The van der Waals surface area contributed by atoms with Crippen molar-refractivity contribution in [3.05, 3.63) is 33.9 Å². The van der Waals surface area contributed by atoms with Gasteiger partial charge in [0, 0.05) is 10.6 Å². The number of aryl methyl sites for hydroxylation is 1. The van der Waals surface area contributed by atoms with E-state index in [1.54, 1.807) is 6.08 Å². The topological polar surface area (TPSA) is 46.5 Å². The molecule has 1 rings (SSSR count). The third-order valence-electron chi connectivity index (χ3n) is 3.31. The maximum absolute atomic E-state index is 10.9. The Morgan fingerprint density at radius 3 is 2.57 bits per heavy atom. The van der Waals surface area contributed by atoms with E-state index in [1.807, 2.05) is 26.8 Å². The minimum atomic E-state index is -0.836. The second kappa shape index (κ2) is 8.08. The van der Waals surface area contributed by atoms with Gasteiger partial charge in [-0.05, 0) is 50.0 Å². The first-order chi connectivity index (χ1) is 9.92. The molecular formula is C17H23ClO3. The normalized spacial score (nSPS) is 11.6. The van der Waals surface area contributed by atoms with Crippen LogP contribution in [-0.2, 0) is 4.79 Å². The molecule has 116 valence electrons. The highest BCUT2D eigenvalue weighted by Gasteiger charge is 2.16. The Labute approximate surface area is 131 Å². The van der Waals surface area contributed by atoms with Crippen LogP contribution in [0.15, 0.2) is 12.1 Å². The second-order valence-electron chi connectivity index (χ2n) is 5.02. The van der Waals surface area contributed by atoms with Crippen molar-refractivity contribution in [2.24, 2.45) is 0 Å². The number of rotatable bonds is 7. The van der Waals surface area contributed by atoms with Crippen LogP contribution in [0.3, 0.4) is 0 Å². The van der Waals surface area contributed by atoms with Gasteiger partial charge in [-0.3, -0.25) is 4.79 Å². The van der Waals surface area contributed by atoms with E-state index in [4.69, 9.17) is 21.4 Å². The number of benzene rings is 1. The SMILES string of the molecule is CCC/C(=C\CC(=O)O)c1c(OCC)cc(C)c(Cl)c1C. The van der Waals surface area contributed by atoms with Gasteiger partial charge in [0.2, 0.25) is 0 Å². The minimum absolute atomic E-state index is 0.00579. The summed E-state index contributed by atoms with van der Waals surface area (Å²) in [6, 6.07) is 1.93. The fourth-order valence-electron chi connectivity index (χ4n) is 2.40. The monoisotopic (exact) mass is 310 g/mol. The van der Waals surface area contributed by atoms with E-state index >= 15 is 0 Å². The summed E-state index contributed by atoms with van der Waals surface area (Å²) < 4.78 is 5.74. The lowest BCUT2D eigenvalue weighted by molar-refractivity contribution is -0.135. The van der Waals surface area contributed by atoms with Crippen molar-refractivity contribution in [2.45, 2.75) is 47.0 Å². The van der Waals surface area contributed by atoms with E-state index in [9.17, 15) is 4.79 Å². The lowest BCUT2D eigenvalue weighted by Crippen LogP contribution is -2.02. The fraction of sp³-hybridized carbons (Fsp3) is 0.471. The lowest BCUT2D eigenvalue weighted by atomic mass is 9.93. The first kappa shape index (κ1) is 17.6. The maximum atomic E-state index is 10.9. The average molecular weight is 311 g/mol. The van der Waals surface area contributed by atoms with Gasteiger partial charge in [-0.2, -0.15) is 0 Å². The molecule has 0 bridgehead atoms. The molecule has 0 radical (unpaired) electrons. The van der Waals surface area contributed by atoms with Crippen LogP contribution in [0.4, 0.5) is 0 Å². The Hall–Kier alpha value is -1.48. The van der Waals surface area contributed by atoms with E-state index in [2.05, 4.69) is 6.92 Å². The molecule has 4 heteroatoms. The van der Waals surface area contributed by atoms with Crippen LogP contribution in [0.25, 0.3) is 5.57 Å². The molecule has 0 aromatic heterocycles. The molecule has 0 aliphatic carbocycles. The van der Waals surface area contributed by atoms with Gasteiger partial charge in [-0.25, -0.2) is 0 Å². The molecule has 0 amide bonds. The molecule has 21 heavy (non-hydrogen) atoms. The summed E-state index contributed by atoms with van der Waals surface area (Å²) in [4.78, 5) is 10.9. The molecule has 1 N–H and O–H groups in total. The molecule has 0 saturated carbocycles. The van der Waals surface area contributed by atoms with Gasteiger partial charge in [-0.1, -0.05) is 31.0 Å². The number of allylic oxidation sites excluding steroid dienone is 1. The third-order valence-corrected chi connectivity index (χ3v) is 3.89. The van der Waals surface area contributed by atoms with Crippen LogP contribution >= 0.6 is 11.6 Å². The van der Waals surface area contributed by atoms with E-state index < -0.39 is 5.97 Å². The number of carboxylic acids is 1. The maximum Gasteiger partial charge on any atom is 0.307 e. The number of ether oxygens (including phenoxy) is 1.